The second kappa shape index (κ2) is 7.90. The topological polar surface area (TPSA) is 47.6 Å². The maximum Gasteiger partial charge on any atom is 0.246 e. The number of ether oxygens (including phenoxy) is 2. The van der Waals surface area contributed by atoms with Crippen molar-refractivity contribution in [3.63, 3.8) is 0 Å². The van der Waals surface area contributed by atoms with Crippen LogP contribution in [0.25, 0.3) is 0 Å². The molecule has 0 radical (unpaired) electrons. The van der Waals surface area contributed by atoms with Crippen molar-refractivity contribution in [2.24, 2.45) is 0 Å². The van der Waals surface area contributed by atoms with Gasteiger partial charge in [0.25, 0.3) is 0 Å². The highest BCUT2D eigenvalue weighted by atomic mass is 16.5. The summed E-state index contributed by atoms with van der Waals surface area (Å²) >= 11 is 0. The molecule has 0 fully saturated rings. The molecule has 0 spiro atoms. The number of benzene rings is 1. The van der Waals surface area contributed by atoms with Crippen LogP contribution in [-0.2, 0) is 9.53 Å². The van der Waals surface area contributed by atoms with Gasteiger partial charge in [0.05, 0.1) is 18.2 Å². The van der Waals surface area contributed by atoms with Crippen LogP contribution in [0.15, 0.2) is 24.3 Å². The minimum Gasteiger partial charge on any atom is -0.491 e. The van der Waals surface area contributed by atoms with E-state index < -0.39 is 0 Å². The van der Waals surface area contributed by atoms with Crippen LogP contribution in [0, 0.1) is 0 Å². The molecule has 1 unspecified atom stereocenters. The molecule has 1 aromatic rings. The molecule has 4 heteroatoms. The molecule has 0 heterocycles. The summed E-state index contributed by atoms with van der Waals surface area (Å²) in [6.07, 6.45) is 0.188. The van der Waals surface area contributed by atoms with Gasteiger partial charge in [0.15, 0.2) is 0 Å². The van der Waals surface area contributed by atoms with E-state index in [1.54, 1.807) is 0 Å². The summed E-state index contributed by atoms with van der Waals surface area (Å²) in [5.74, 6) is 0.707. The van der Waals surface area contributed by atoms with E-state index >= 15 is 0 Å². The normalized spacial score (nSPS) is 12.6. The third-order valence-corrected chi connectivity index (χ3v) is 2.66. The Morgan fingerprint density at radius 2 is 1.85 bits per heavy atom. The van der Waals surface area contributed by atoms with Crippen LogP contribution < -0.4 is 10.1 Å². The first-order valence-electron chi connectivity index (χ1n) is 7.06. The molecule has 0 aromatic heterocycles. The van der Waals surface area contributed by atoms with Crippen LogP contribution in [0.5, 0.6) is 5.75 Å². The monoisotopic (exact) mass is 279 g/mol. The van der Waals surface area contributed by atoms with E-state index in [1.807, 2.05) is 58.9 Å². The Morgan fingerprint density at radius 1 is 1.15 bits per heavy atom. The quantitative estimate of drug-likeness (QED) is 0.834. The van der Waals surface area contributed by atoms with Crippen LogP contribution in [0.4, 0.5) is 0 Å². The standard InChI is InChI=1S/C16H25NO3/c1-11(2)19-10-16(18)17-13(5)14-7-6-8-15(9-14)20-12(3)4/h6-9,11-13H,10H2,1-5H3,(H,17,18). The number of carbonyl (C=O) groups is 1. The number of carbonyl (C=O) groups excluding carboxylic acids is 1. The van der Waals surface area contributed by atoms with Crippen LogP contribution in [0.2, 0.25) is 0 Å². The van der Waals surface area contributed by atoms with Crippen LogP contribution in [0.1, 0.15) is 46.2 Å². The van der Waals surface area contributed by atoms with Gasteiger partial charge >= 0.3 is 0 Å². The zero-order chi connectivity index (χ0) is 15.1. The zero-order valence-corrected chi connectivity index (χ0v) is 13.0. The van der Waals surface area contributed by atoms with Crippen LogP contribution in [0.3, 0.4) is 0 Å². The first kappa shape index (κ1) is 16.5. The summed E-state index contributed by atoms with van der Waals surface area (Å²) in [5.41, 5.74) is 1.01. The Labute approximate surface area is 121 Å². The third-order valence-electron chi connectivity index (χ3n) is 2.66. The molecule has 112 valence electrons. The number of hydrogen-bond donors (Lipinski definition) is 1. The Hall–Kier alpha value is -1.55. The molecule has 0 aliphatic rings. The highest BCUT2D eigenvalue weighted by molar-refractivity contribution is 5.77. The summed E-state index contributed by atoms with van der Waals surface area (Å²) < 4.78 is 10.9. The molecule has 0 saturated heterocycles. The fourth-order valence-corrected chi connectivity index (χ4v) is 1.74. The molecule has 1 N–H and O–H groups in total. The molecule has 1 aromatic carbocycles. The summed E-state index contributed by atoms with van der Waals surface area (Å²) in [5, 5.41) is 2.91. The van der Waals surface area contributed by atoms with Crippen molar-refractivity contribution in [2.75, 3.05) is 6.61 Å². The van der Waals surface area contributed by atoms with E-state index in [0.29, 0.717) is 0 Å². The van der Waals surface area contributed by atoms with E-state index in [2.05, 4.69) is 5.32 Å². The number of rotatable bonds is 7. The fraction of sp³-hybridized carbons (Fsp3) is 0.562. The summed E-state index contributed by atoms with van der Waals surface area (Å²) in [6, 6.07) is 7.70. The predicted molar refractivity (Wildman–Crippen MR) is 79.9 cm³/mol. The molecule has 0 bridgehead atoms. The molecule has 0 saturated carbocycles. The molecule has 4 nitrogen and oxygen atoms in total. The van der Waals surface area contributed by atoms with E-state index in [0.717, 1.165) is 11.3 Å². The average Bonchev–Trinajstić information content (AvgIpc) is 2.36. The van der Waals surface area contributed by atoms with E-state index in [9.17, 15) is 4.79 Å². The number of hydrogen-bond acceptors (Lipinski definition) is 3. The van der Waals surface area contributed by atoms with Crippen molar-refractivity contribution in [3.05, 3.63) is 29.8 Å². The van der Waals surface area contributed by atoms with E-state index in [-0.39, 0.29) is 30.8 Å². The van der Waals surface area contributed by atoms with Gasteiger partial charge in [-0.05, 0) is 52.3 Å². The number of amides is 1. The van der Waals surface area contributed by atoms with Crippen molar-refractivity contribution in [1.29, 1.82) is 0 Å². The highest BCUT2D eigenvalue weighted by Gasteiger charge is 2.11. The first-order valence-corrected chi connectivity index (χ1v) is 7.06. The van der Waals surface area contributed by atoms with E-state index in [4.69, 9.17) is 9.47 Å². The lowest BCUT2D eigenvalue weighted by molar-refractivity contribution is -0.127. The SMILES string of the molecule is CC(C)OCC(=O)NC(C)c1cccc(OC(C)C)c1. The van der Waals surface area contributed by atoms with E-state index in [1.165, 1.54) is 0 Å². The molecule has 20 heavy (non-hydrogen) atoms. The summed E-state index contributed by atoms with van der Waals surface area (Å²) in [6.45, 7) is 9.82. The lowest BCUT2D eigenvalue weighted by Gasteiger charge is -2.17. The lowest BCUT2D eigenvalue weighted by Crippen LogP contribution is -2.31. The maximum atomic E-state index is 11.7. The van der Waals surface area contributed by atoms with Crippen molar-refractivity contribution in [1.82, 2.24) is 5.32 Å². The Kier molecular flexibility index (Phi) is 6.52. The van der Waals surface area contributed by atoms with Gasteiger partial charge < -0.3 is 14.8 Å². The predicted octanol–water partition coefficient (Wildman–Crippen LogP) is 3.08. The fourth-order valence-electron chi connectivity index (χ4n) is 1.74. The first-order chi connectivity index (χ1) is 9.38. The third kappa shape index (κ3) is 6.06. The second-order valence-electron chi connectivity index (χ2n) is 5.39. The average molecular weight is 279 g/mol. The summed E-state index contributed by atoms with van der Waals surface area (Å²) in [7, 11) is 0. The molecular weight excluding hydrogens is 254 g/mol. The Morgan fingerprint density at radius 3 is 2.45 bits per heavy atom. The van der Waals surface area contributed by atoms with Crippen molar-refractivity contribution >= 4 is 5.91 Å². The molecular formula is C16H25NO3. The van der Waals surface area contributed by atoms with Gasteiger partial charge in [-0.2, -0.15) is 0 Å². The van der Waals surface area contributed by atoms with Crippen molar-refractivity contribution < 1.29 is 14.3 Å². The Balaban J connectivity index is 2.58. The van der Waals surface area contributed by atoms with Crippen LogP contribution in [-0.4, -0.2) is 24.7 Å². The molecule has 1 rings (SSSR count). The number of nitrogens with one attached hydrogen (secondary N) is 1. The smallest absolute Gasteiger partial charge is 0.246 e. The summed E-state index contributed by atoms with van der Waals surface area (Å²) in [4.78, 5) is 11.7. The largest absolute Gasteiger partial charge is 0.491 e. The maximum absolute atomic E-state index is 11.7. The van der Waals surface area contributed by atoms with Gasteiger partial charge in [-0.3, -0.25) is 4.79 Å². The molecule has 0 aliphatic carbocycles. The molecule has 1 amide bonds. The highest BCUT2D eigenvalue weighted by Crippen LogP contribution is 2.20. The van der Waals surface area contributed by atoms with Gasteiger partial charge in [0.2, 0.25) is 5.91 Å². The van der Waals surface area contributed by atoms with Crippen molar-refractivity contribution in [3.8, 4) is 5.75 Å². The zero-order valence-electron chi connectivity index (χ0n) is 13.0. The van der Waals surface area contributed by atoms with Gasteiger partial charge in [-0.1, -0.05) is 12.1 Å². The molecule has 1 atom stereocenters. The molecule has 0 aliphatic heterocycles. The minimum absolute atomic E-state index is 0.0545. The van der Waals surface area contributed by atoms with Gasteiger partial charge in [-0.25, -0.2) is 0 Å². The second-order valence-corrected chi connectivity index (χ2v) is 5.39. The lowest BCUT2D eigenvalue weighted by atomic mass is 10.1. The van der Waals surface area contributed by atoms with Gasteiger partial charge in [0.1, 0.15) is 12.4 Å². The van der Waals surface area contributed by atoms with Crippen molar-refractivity contribution in [2.45, 2.75) is 52.9 Å². The Bertz CT molecular complexity index is 429. The van der Waals surface area contributed by atoms with Gasteiger partial charge in [-0.15, -0.1) is 0 Å². The minimum atomic E-state index is -0.110. The van der Waals surface area contributed by atoms with Crippen LogP contribution >= 0.6 is 0 Å². The van der Waals surface area contributed by atoms with Gasteiger partial charge in [0, 0.05) is 0 Å².